The third-order valence-corrected chi connectivity index (χ3v) is 4.00. The van der Waals surface area contributed by atoms with E-state index in [-0.39, 0.29) is 12.0 Å². The van der Waals surface area contributed by atoms with Crippen LogP contribution in [0.5, 0.6) is 11.6 Å². The van der Waals surface area contributed by atoms with Gasteiger partial charge in [0, 0.05) is 29.8 Å². The van der Waals surface area contributed by atoms with Gasteiger partial charge in [0.05, 0.1) is 11.9 Å². The molecule has 1 amide bonds. The van der Waals surface area contributed by atoms with Crippen LogP contribution in [0, 0.1) is 0 Å². The van der Waals surface area contributed by atoms with Gasteiger partial charge in [0.25, 0.3) is 5.91 Å². The second-order valence-corrected chi connectivity index (χ2v) is 5.67. The molecule has 0 aliphatic carbocycles. The number of fused-ring (bicyclic) bond motifs is 1. The minimum Gasteiger partial charge on any atom is -0.438 e. The molecule has 24 heavy (non-hydrogen) atoms. The summed E-state index contributed by atoms with van der Waals surface area (Å²) in [6, 6.07) is 11.3. The molecule has 1 aromatic carbocycles. The number of hydrogen-bond donors (Lipinski definition) is 2. The highest BCUT2D eigenvalue weighted by Crippen LogP contribution is 2.28. The number of carbonyl (C=O) groups excluding carboxylic acids is 1. The summed E-state index contributed by atoms with van der Waals surface area (Å²) >= 11 is 0. The maximum absolute atomic E-state index is 12.0. The Morgan fingerprint density at radius 3 is 3.04 bits per heavy atom. The second-order valence-electron chi connectivity index (χ2n) is 5.67. The highest BCUT2D eigenvalue weighted by molar-refractivity contribution is 5.94. The summed E-state index contributed by atoms with van der Waals surface area (Å²) in [5.74, 6) is 1.08. The summed E-state index contributed by atoms with van der Waals surface area (Å²) in [4.78, 5) is 19.4. The molecular formula is C18H17N3O3. The molecule has 2 N–H and O–H groups in total. The molecule has 1 atom stereocenters. The Balaban J connectivity index is 1.45. The number of hydrogen-bond acceptors (Lipinski definition) is 4. The normalized spacial score (nSPS) is 17.1. The van der Waals surface area contributed by atoms with E-state index in [1.165, 1.54) is 0 Å². The number of nitrogens with zero attached hydrogens (tertiary/aromatic N) is 1. The van der Waals surface area contributed by atoms with E-state index < -0.39 is 0 Å². The molecule has 1 saturated heterocycles. The van der Waals surface area contributed by atoms with Crippen molar-refractivity contribution in [3.8, 4) is 11.6 Å². The summed E-state index contributed by atoms with van der Waals surface area (Å²) in [5.41, 5.74) is 1.63. The van der Waals surface area contributed by atoms with Gasteiger partial charge in [0.1, 0.15) is 11.9 Å². The van der Waals surface area contributed by atoms with Gasteiger partial charge in [-0.15, -0.1) is 0 Å². The highest BCUT2D eigenvalue weighted by Gasteiger charge is 2.23. The van der Waals surface area contributed by atoms with E-state index in [0.29, 0.717) is 18.2 Å². The zero-order valence-corrected chi connectivity index (χ0v) is 13.0. The quantitative estimate of drug-likeness (QED) is 0.771. The smallest absolute Gasteiger partial charge is 0.253 e. The zero-order chi connectivity index (χ0) is 16.4. The van der Waals surface area contributed by atoms with Crippen molar-refractivity contribution in [2.24, 2.45) is 0 Å². The lowest BCUT2D eigenvalue weighted by atomic mass is 10.2. The van der Waals surface area contributed by atoms with Crippen molar-refractivity contribution in [2.45, 2.75) is 18.9 Å². The Kier molecular flexibility index (Phi) is 3.88. The number of pyridine rings is 1. The van der Waals surface area contributed by atoms with Crippen LogP contribution in [0.4, 0.5) is 5.69 Å². The predicted molar refractivity (Wildman–Crippen MR) is 90.2 cm³/mol. The van der Waals surface area contributed by atoms with Gasteiger partial charge in [-0.3, -0.25) is 4.79 Å². The Hall–Kier alpha value is -2.86. The largest absolute Gasteiger partial charge is 0.438 e. The van der Waals surface area contributed by atoms with E-state index in [1.54, 1.807) is 18.3 Å². The number of amides is 1. The van der Waals surface area contributed by atoms with Gasteiger partial charge in [-0.25, -0.2) is 4.98 Å². The van der Waals surface area contributed by atoms with Gasteiger partial charge >= 0.3 is 0 Å². The molecule has 1 aliphatic rings. The maximum atomic E-state index is 12.0. The summed E-state index contributed by atoms with van der Waals surface area (Å²) < 4.78 is 11.2. The van der Waals surface area contributed by atoms with Crippen molar-refractivity contribution in [3.05, 3.63) is 48.8 Å². The number of anilines is 1. The minimum absolute atomic E-state index is 0.125. The van der Waals surface area contributed by atoms with Crippen molar-refractivity contribution in [1.82, 2.24) is 9.97 Å². The van der Waals surface area contributed by atoms with Gasteiger partial charge in [0.15, 0.2) is 0 Å². The van der Waals surface area contributed by atoms with Crippen LogP contribution in [0.3, 0.4) is 0 Å². The molecule has 0 radical (unpaired) electrons. The number of ether oxygens (including phenoxy) is 2. The van der Waals surface area contributed by atoms with Crippen molar-refractivity contribution in [2.75, 3.05) is 11.9 Å². The second kappa shape index (κ2) is 6.33. The summed E-state index contributed by atoms with van der Waals surface area (Å²) in [6.45, 7) is 0.647. The monoisotopic (exact) mass is 323 g/mol. The van der Waals surface area contributed by atoms with Crippen molar-refractivity contribution in [3.63, 3.8) is 0 Å². The standard InChI is InChI=1S/C18H17N3O3/c22-18(16-5-2-10-23-16)21-12-6-7-17(20-11-12)24-15-4-1-3-14-13(15)8-9-19-14/h1,3-4,6-9,11,16,19H,2,5,10H2,(H,21,22)/t16-/m1/s1. The van der Waals surface area contributed by atoms with Crippen molar-refractivity contribution < 1.29 is 14.3 Å². The lowest BCUT2D eigenvalue weighted by molar-refractivity contribution is -0.124. The first-order chi connectivity index (χ1) is 11.8. The van der Waals surface area contributed by atoms with E-state index in [1.807, 2.05) is 30.5 Å². The molecule has 2 aromatic heterocycles. The Bertz CT molecular complexity index is 851. The summed E-state index contributed by atoms with van der Waals surface area (Å²) in [6.07, 6.45) is 4.79. The van der Waals surface area contributed by atoms with Crippen LogP contribution in [0.1, 0.15) is 12.8 Å². The van der Waals surface area contributed by atoms with Crippen LogP contribution in [0.2, 0.25) is 0 Å². The molecule has 3 aromatic rings. The Labute approximate surface area is 138 Å². The first kappa shape index (κ1) is 14.7. The molecule has 4 rings (SSSR count). The molecular weight excluding hydrogens is 306 g/mol. The lowest BCUT2D eigenvalue weighted by Crippen LogP contribution is -2.26. The van der Waals surface area contributed by atoms with Crippen LogP contribution < -0.4 is 10.1 Å². The Morgan fingerprint density at radius 2 is 2.25 bits per heavy atom. The molecule has 122 valence electrons. The summed E-state index contributed by atoms with van der Waals surface area (Å²) in [7, 11) is 0. The molecule has 0 unspecified atom stereocenters. The number of aromatic amines is 1. The average Bonchev–Trinajstić information content (AvgIpc) is 3.28. The van der Waals surface area contributed by atoms with Gasteiger partial charge in [-0.05, 0) is 37.1 Å². The van der Waals surface area contributed by atoms with Crippen LogP contribution in [-0.4, -0.2) is 28.6 Å². The van der Waals surface area contributed by atoms with Gasteiger partial charge in [0.2, 0.25) is 5.88 Å². The SMILES string of the molecule is O=C(Nc1ccc(Oc2cccc3[nH]ccc23)nc1)[C@H]1CCCO1. The van der Waals surface area contributed by atoms with E-state index in [0.717, 1.165) is 29.5 Å². The maximum Gasteiger partial charge on any atom is 0.253 e. The van der Waals surface area contributed by atoms with Crippen LogP contribution in [0.15, 0.2) is 48.8 Å². The average molecular weight is 323 g/mol. The molecule has 6 nitrogen and oxygen atoms in total. The fourth-order valence-corrected chi connectivity index (χ4v) is 2.78. The fourth-order valence-electron chi connectivity index (χ4n) is 2.78. The highest BCUT2D eigenvalue weighted by atomic mass is 16.5. The first-order valence-electron chi connectivity index (χ1n) is 7.92. The van der Waals surface area contributed by atoms with Crippen molar-refractivity contribution >= 4 is 22.5 Å². The number of rotatable bonds is 4. The van der Waals surface area contributed by atoms with E-state index in [2.05, 4.69) is 15.3 Å². The number of nitrogens with one attached hydrogen (secondary N) is 2. The molecule has 0 saturated carbocycles. The van der Waals surface area contributed by atoms with Gasteiger partial charge < -0.3 is 19.8 Å². The Morgan fingerprint density at radius 1 is 1.29 bits per heavy atom. The molecule has 1 fully saturated rings. The van der Waals surface area contributed by atoms with E-state index in [9.17, 15) is 4.79 Å². The predicted octanol–water partition coefficient (Wildman–Crippen LogP) is 3.47. The first-order valence-corrected chi connectivity index (χ1v) is 7.92. The third-order valence-electron chi connectivity index (χ3n) is 4.00. The lowest BCUT2D eigenvalue weighted by Gasteiger charge is -2.11. The molecule has 3 heterocycles. The molecule has 6 heteroatoms. The number of aromatic nitrogens is 2. The zero-order valence-electron chi connectivity index (χ0n) is 13.0. The summed E-state index contributed by atoms with van der Waals surface area (Å²) in [5, 5.41) is 3.81. The topological polar surface area (TPSA) is 76.2 Å². The van der Waals surface area contributed by atoms with Gasteiger partial charge in [-0.1, -0.05) is 6.07 Å². The van der Waals surface area contributed by atoms with E-state index >= 15 is 0 Å². The van der Waals surface area contributed by atoms with Crippen LogP contribution >= 0.6 is 0 Å². The van der Waals surface area contributed by atoms with Crippen LogP contribution in [-0.2, 0) is 9.53 Å². The van der Waals surface area contributed by atoms with E-state index in [4.69, 9.17) is 9.47 Å². The molecule has 0 spiro atoms. The molecule has 0 bridgehead atoms. The molecule has 1 aliphatic heterocycles. The number of carbonyl (C=O) groups is 1. The fraction of sp³-hybridized carbons (Fsp3) is 0.222. The minimum atomic E-state index is -0.355. The van der Waals surface area contributed by atoms with Gasteiger partial charge in [-0.2, -0.15) is 0 Å². The number of H-pyrrole nitrogens is 1. The van der Waals surface area contributed by atoms with Crippen LogP contribution in [0.25, 0.3) is 10.9 Å². The number of benzene rings is 1. The third kappa shape index (κ3) is 2.96. The van der Waals surface area contributed by atoms with Crippen molar-refractivity contribution in [1.29, 1.82) is 0 Å².